The fraction of sp³-hybridized carbons (Fsp3) is 0.357. The molecule has 0 aliphatic heterocycles. The highest BCUT2D eigenvalue weighted by Crippen LogP contribution is 2.29. The predicted octanol–water partition coefficient (Wildman–Crippen LogP) is 1.56. The Labute approximate surface area is 115 Å². The van der Waals surface area contributed by atoms with Crippen molar-refractivity contribution in [2.45, 2.75) is 25.8 Å². The number of nitrogens with zero attached hydrogens (tertiary/aromatic N) is 2. The summed E-state index contributed by atoms with van der Waals surface area (Å²) in [5, 5.41) is 16.6. The van der Waals surface area contributed by atoms with E-state index in [0.717, 1.165) is 23.8 Å². The van der Waals surface area contributed by atoms with Crippen LogP contribution < -0.4 is 0 Å². The van der Waals surface area contributed by atoms with Crippen molar-refractivity contribution in [1.29, 1.82) is 0 Å². The van der Waals surface area contributed by atoms with Crippen LogP contribution in [0.5, 0.6) is 0 Å². The third-order valence-electron chi connectivity index (χ3n) is 3.48. The van der Waals surface area contributed by atoms with Crippen LogP contribution in [0.15, 0.2) is 18.3 Å². The van der Waals surface area contributed by atoms with Gasteiger partial charge in [-0.2, -0.15) is 5.10 Å². The van der Waals surface area contributed by atoms with Gasteiger partial charge in [-0.05, 0) is 37.5 Å². The van der Waals surface area contributed by atoms with Crippen LogP contribution in [0.25, 0.3) is 10.9 Å². The minimum atomic E-state index is -0.987. The SMILES string of the molecule is Cc1cc(C(=O)N(CC(=O)O)C2CC2)c2[nH]ncc2c1. The van der Waals surface area contributed by atoms with Crippen LogP contribution in [0.1, 0.15) is 28.8 Å². The molecule has 6 nitrogen and oxygen atoms in total. The molecule has 1 heterocycles. The molecule has 1 aromatic carbocycles. The van der Waals surface area contributed by atoms with Gasteiger partial charge < -0.3 is 10.0 Å². The Morgan fingerprint density at radius 1 is 1.45 bits per heavy atom. The highest BCUT2D eigenvalue weighted by atomic mass is 16.4. The molecule has 1 aliphatic rings. The summed E-state index contributed by atoms with van der Waals surface area (Å²) in [6.07, 6.45) is 3.41. The van der Waals surface area contributed by atoms with Crippen LogP contribution in [0, 0.1) is 6.92 Å². The molecule has 1 fully saturated rings. The molecule has 2 aromatic rings. The number of hydrogen-bond donors (Lipinski definition) is 2. The topological polar surface area (TPSA) is 86.3 Å². The van der Waals surface area contributed by atoms with Crippen molar-refractivity contribution in [3.8, 4) is 0 Å². The Kier molecular flexibility index (Phi) is 2.93. The number of aromatic amines is 1. The lowest BCUT2D eigenvalue weighted by molar-refractivity contribution is -0.137. The molecule has 0 bridgehead atoms. The van der Waals surface area contributed by atoms with Crippen molar-refractivity contribution in [2.24, 2.45) is 0 Å². The van der Waals surface area contributed by atoms with E-state index >= 15 is 0 Å². The first-order valence-corrected chi connectivity index (χ1v) is 6.53. The van der Waals surface area contributed by atoms with Gasteiger partial charge in [-0.1, -0.05) is 0 Å². The van der Waals surface area contributed by atoms with Crippen molar-refractivity contribution >= 4 is 22.8 Å². The summed E-state index contributed by atoms with van der Waals surface area (Å²) in [7, 11) is 0. The number of H-pyrrole nitrogens is 1. The summed E-state index contributed by atoms with van der Waals surface area (Å²) in [6.45, 7) is 1.65. The van der Waals surface area contributed by atoms with E-state index in [-0.39, 0.29) is 18.5 Å². The van der Waals surface area contributed by atoms with E-state index in [9.17, 15) is 9.59 Å². The molecule has 104 valence electrons. The van der Waals surface area contributed by atoms with Gasteiger partial charge in [0.05, 0.1) is 17.3 Å². The van der Waals surface area contributed by atoms with Crippen LogP contribution in [-0.4, -0.2) is 44.7 Å². The lowest BCUT2D eigenvalue weighted by Gasteiger charge is -2.20. The van der Waals surface area contributed by atoms with Gasteiger partial charge in [-0.15, -0.1) is 0 Å². The molecule has 20 heavy (non-hydrogen) atoms. The summed E-state index contributed by atoms with van der Waals surface area (Å²) in [6, 6.07) is 3.77. The van der Waals surface area contributed by atoms with Crippen molar-refractivity contribution < 1.29 is 14.7 Å². The Hall–Kier alpha value is -2.37. The average molecular weight is 273 g/mol. The van der Waals surface area contributed by atoms with Gasteiger partial charge in [-0.3, -0.25) is 14.7 Å². The number of aliphatic carboxylic acids is 1. The number of amides is 1. The van der Waals surface area contributed by atoms with Gasteiger partial charge >= 0.3 is 5.97 Å². The van der Waals surface area contributed by atoms with E-state index in [2.05, 4.69) is 10.2 Å². The maximum Gasteiger partial charge on any atom is 0.323 e. The van der Waals surface area contributed by atoms with E-state index < -0.39 is 5.97 Å². The lowest BCUT2D eigenvalue weighted by atomic mass is 10.1. The van der Waals surface area contributed by atoms with Crippen LogP contribution in [0.2, 0.25) is 0 Å². The second kappa shape index (κ2) is 4.63. The molecule has 1 saturated carbocycles. The number of carboxylic acids is 1. The molecule has 1 aromatic heterocycles. The highest BCUT2D eigenvalue weighted by molar-refractivity contribution is 6.06. The quantitative estimate of drug-likeness (QED) is 0.885. The fourth-order valence-corrected chi connectivity index (χ4v) is 2.43. The Morgan fingerprint density at radius 3 is 2.85 bits per heavy atom. The lowest BCUT2D eigenvalue weighted by Crippen LogP contribution is -2.37. The molecule has 0 atom stereocenters. The molecule has 2 N–H and O–H groups in total. The van der Waals surface area contributed by atoms with Crippen molar-refractivity contribution in [2.75, 3.05) is 6.54 Å². The summed E-state index contributed by atoms with van der Waals surface area (Å²) in [5.41, 5.74) is 2.11. The minimum Gasteiger partial charge on any atom is -0.480 e. The number of rotatable bonds is 4. The molecule has 0 unspecified atom stereocenters. The molecule has 0 saturated heterocycles. The predicted molar refractivity (Wildman–Crippen MR) is 72.5 cm³/mol. The summed E-state index contributed by atoms with van der Waals surface area (Å²) in [4.78, 5) is 25.0. The number of hydrogen-bond acceptors (Lipinski definition) is 3. The van der Waals surface area contributed by atoms with Crippen LogP contribution in [-0.2, 0) is 4.79 Å². The van der Waals surface area contributed by atoms with Gasteiger partial charge in [0.2, 0.25) is 0 Å². The zero-order valence-electron chi connectivity index (χ0n) is 11.1. The van der Waals surface area contributed by atoms with Gasteiger partial charge in [0.1, 0.15) is 6.54 Å². The van der Waals surface area contributed by atoms with Crippen LogP contribution >= 0.6 is 0 Å². The molecule has 1 aliphatic carbocycles. The first kappa shape index (κ1) is 12.7. The highest BCUT2D eigenvalue weighted by Gasteiger charge is 2.35. The van der Waals surface area contributed by atoms with Crippen molar-refractivity contribution in [1.82, 2.24) is 15.1 Å². The van der Waals surface area contributed by atoms with Crippen molar-refractivity contribution in [3.63, 3.8) is 0 Å². The summed E-state index contributed by atoms with van der Waals surface area (Å²) in [5.74, 6) is -1.23. The molecule has 6 heteroatoms. The van der Waals surface area contributed by atoms with Gasteiger partial charge in [0, 0.05) is 11.4 Å². The second-order valence-electron chi connectivity index (χ2n) is 5.20. The number of aryl methyl sites for hydroxylation is 1. The Morgan fingerprint density at radius 2 is 2.20 bits per heavy atom. The molecule has 3 rings (SSSR count). The number of carbonyl (C=O) groups is 2. The third kappa shape index (κ3) is 2.24. The van der Waals surface area contributed by atoms with Crippen molar-refractivity contribution in [3.05, 3.63) is 29.5 Å². The third-order valence-corrected chi connectivity index (χ3v) is 3.48. The first-order valence-electron chi connectivity index (χ1n) is 6.53. The largest absolute Gasteiger partial charge is 0.480 e. The smallest absolute Gasteiger partial charge is 0.323 e. The number of benzene rings is 1. The van der Waals surface area contributed by atoms with Gasteiger partial charge in [0.25, 0.3) is 5.91 Å². The molecular weight excluding hydrogens is 258 g/mol. The molecule has 1 amide bonds. The normalized spacial score (nSPS) is 14.4. The number of nitrogens with one attached hydrogen (secondary N) is 1. The van der Waals surface area contributed by atoms with E-state index in [1.807, 2.05) is 13.0 Å². The monoisotopic (exact) mass is 273 g/mol. The second-order valence-corrected chi connectivity index (χ2v) is 5.20. The van der Waals surface area contributed by atoms with E-state index in [4.69, 9.17) is 5.11 Å². The standard InChI is InChI=1S/C14H15N3O3/c1-8-4-9-6-15-16-13(9)11(5-8)14(20)17(7-12(18)19)10-2-3-10/h4-6,10H,2-3,7H2,1H3,(H,15,16)(H,18,19). The fourth-order valence-electron chi connectivity index (χ4n) is 2.43. The van der Waals surface area contributed by atoms with Crippen LogP contribution in [0.3, 0.4) is 0 Å². The maximum atomic E-state index is 12.6. The zero-order valence-corrected chi connectivity index (χ0v) is 11.1. The number of fused-ring (bicyclic) bond motifs is 1. The summed E-state index contributed by atoms with van der Waals surface area (Å²) < 4.78 is 0. The molecule has 0 spiro atoms. The zero-order chi connectivity index (χ0) is 14.3. The van der Waals surface area contributed by atoms with E-state index in [1.165, 1.54) is 4.90 Å². The Bertz CT molecular complexity index is 688. The first-order chi connectivity index (χ1) is 9.56. The number of carbonyl (C=O) groups excluding carboxylic acids is 1. The Balaban J connectivity index is 2.02. The summed E-state index contributed by atoms with van der Waals surface area (Å²) >= 11 is 0. The van der Waals surface area contributed by atoms with Crippen LogP contribution in [0.4, 0.5) is 0 Å². The van der Waals surface area contributed by atoms with E-state index in [1.54, 1.807) is 12.3 Å². The van der Waals surface area contributed by atoms with Gasteiger partial charge in [-0.25, -0.2) is 0 Å². The minimum absolute atomic E-state index is 0.0529. The van der Waals surface area contributed by atoms with Gasteiger partial charge in [0.15, 0.2) is 0 Å². The number of carboxylic acid groups (broad SMARTS) is 1. The molecule has 0 radical (unpaired) electrons. The number of aromatic nitrogens is 2. The average Bonchev–Trinajstić information content (AvgIpc) is 3.12. The molecular formula is C14H15N3O3. The maximum absolute atomic E-state index is 12.6. The van der Waals surface area contributed by atoms with E-state index in [0.29, 0.717) is 11.1 Å².